The van der Waals surface area contributed by atoms with E-state index in [1.165, 1.54) is 16.7 Å². The Morgan fingerprint density at radius 3 is 1.70 bits per heavy atom. The van der Waals surface area contributed by atoms with Gasteiger partial charge in [-0.25, -0.2) is 4.79 Å². The van der Waals surface area contributed by atoms with Crippen LogP contribution in [0.2, 0.25) is 0 Å². The van der Waals surface area contributed by atoms with Crippen LogP contribution in [0.3, 0.4) is 0 Å². The number of phenols is 1. The second kappa shape index (κ2) is 23.7. The fourth-order valence-corrected chi connectivity index (χ4v) is 5.83. The summed E-state index contributed by atoms with van der Waals surface area (Å²) < 4.78 is 11.6. The van der Waals surface area contributed by atoms with E-state index < -0.39 is 5.97 Å². The standard InChI is InChI=1S/C36H40NO4.2C7H7.Zr/c1-24(2)31-21-26(5)22-32(25(3)4)34(31)37-19-12-20-40-33-18-10-9-15-28(33)29-16-11-17-30(35(29)38)36(39)41-23-27-13-7-6-8-14-27;2*1-7-5-3-2-4-6-7;/h6-11,13-18,21-22,24-25H,12,19-20,23H2,1-5H3,(H,38,39);2*2-6H,1H2;/q3*-1;+3. The summed E-state index contributed by atoms with van der Waals surface area (Å²) in [7, 11) is 0. The monoisotopic (exact) mass is 822 g/mol. The molecule has 0 atom stereocenters. The van der Waals surface area contributed by atoms with Gasteiger partial charge in [-0.15, -0.1) is 36.5 Å². The van der Waals surface area contributed by atoms with Crippen molar-refractivity contribution in [2.24, 2.45) is 0 Å². The Morgan fingerprint density at radius 2 is 1.18 bits per heavy atom. The van der Waals surface area contributed by atoms with Gasteiger partial charge in [0.05, 0.1) is 6.61 Å². The second-order valence-corrected chi connectivity index (χ2v) is 13.9. The summed E-state index contributed by atoms with van der Waals surface area (Å²) in [5.74, 6) is 0.727. The van der Waals surface area contributed by atoms with Crippen molar-refractivity contribution in [2.45, 2.75) is 59.5 Å². The Labute approximate surface area is 354 Å². The summed E-state index contributed by atoms with van der Waals surface area (Å²) >= 11 is 0. The first-order valence-corrected chi connectivity index (χ1v) is 18.9. The molecule has 5 nitrogen and oxygen atoms in total. The van der Waals surface area contributed by atoms with Gasteiger partial charge in [-0.2, -0.15) is 49.2 Å². The number of para-hydroxylation sites is 2. The molecule has 6 aromatic carbocycles. The van der Waals surface area contributed by atoms with Gasteiger partial charge < -0.3 is 19.9 Å². The normalized spacial score (nSPS) is 10.3. The van der Waals surface area contributed by atoms with Crippen LogP contribution in [0.1, 0.15) is 89.7 Å². The molecule has 0 saturated heterocycles. The molecule has 0 aliphatic carbocycles. The summed E-state index contributed by atoms with van der Waals surface area (Å²) in [4.78, 5) is 12.8. The van der Waals surface area contributed by atoms with Crippen LogP contribution in [0.25, 0.3) is 16.4 Å². The molecule has 0 heterocycles. The summed E-state index contributed by atoms with van der Waals surface area (Å²) in [6.07, 6.45) is 0.745. The Balaban J connectivity index is 0.000000467. The van der Waals surface area contributed by atoms with Crippen molar-refractivity contribution in [3.8, 4) is 22.6 Å². The maximum absolute atomic E-state index is 12.8. The maximum atomic E-state index is 12.8. The second-order valence-electron chi connectivity index (χ2n) is 13.9. The van der Waals surface area contributed by atoms with Crippen molar-refractivity contribution in [2.75, 3.05) is 13.2 Å². The third-order valence-corrected chi connectivity index (χ3v) is 8.72. The number of esters is 1. The fraction of sp³-hybridized carbons (Fsp3) is 0.220. The number of phenolic OH excluding ortho intramolecular Hbond substituents is 1. The number of aryl methyl sites for hydroxylation is 1. The zero-order chi connectivity index (χ0) is 39.6. The molecule has 0 saturated carbocycles. The van der Waals surface area contributed by atoms with Crippen molar-refractivity contribution in [1.29, 1.82) is 0 Å². The van der Waals surface area contributed by atoms with E-state index in [-0.39, 0.29) is 44.1 Å². The molecule has 6 rings (SSSR count). The predicted octanol–water partition coefficient (Wildman–Crippen LogP) is 13.2. The molecule has 0 amide bonds. The molecule has 287 valence electrons. The van der Waals surface area contributed by atoms with E-state index in [0.29, 0.717) is 41.9 Å². The van der Waals surface area contributed by atoms with Crippen molar-refractivity contribution in [1.82, 2.24) is 0 Å². The van der Waals surface area contributed by atoms with Gasteiger partial charge in [-0.3, -0.25) is 0 Å². The van der Waals surface area contributed by atoms with E-state index in [1.807, 2.05) is 115 Å². The number of carbonyl (C=O) groups excluding carboxylic acids is 1. The summed E-state index contributed by atoms with van der Waals surface area (Å²) in [5.41, 5.74) is 9.33. The number of hydrogen-bond acceptors (Lipinski definition) is 4. The molecule has 0 unspecified atom stereocenters. The van der Waals surface area contributed by atoms with Crippen molar-refractivity contribution >= 4 is 11.7 Å². The van der Waals surface area contributed by atoms with Crippen LogP contribution in [0.4, 0.5) is 5.69 Å². The topological polar surface area (TPSA) is 69.9 Å². The first-order chi connectivity index (χ1) is 26.5. The van der Waals surface area contributed by atoms with E-state index in [9.17, 15) is 9.90 Å². The quantitative estimate of drug-likeness (QED) is 0.0758. The fourth-order valence-electron chi connectivity index (χ4n) is 5.83. The number of hydrogen-bond donors (Lipinski definition) is 1. The van der Waals surface area contributed by atoms with Crippen LogP contribution in [-0.4, -0.2) is 24.2 Å². The van der Waals surface area contributed by atoms with Gasteiger partial charge in [0.25, 0.3) is 0 Å². The van der Waals surface area contributed by atoms with E-state index in [1.54, 1.807) is 18.2 Å². The first kappa shape index (κ1) is 45.2. The van der Waals surface area contributed by atoms with Crippen LogP contribution in [-0.2, 0) is 37.5 Å². The summed E-state index contributed by atoms with van der Waals surface area (Å²) in [6.45, 7) is 19.7. The molecule has 0 bridgehead atoms. The Bertz CT molecular complexity index is 1980. The Morgan fingerprint density at radius 1 is 0.679 bits per heavy atom. The molecule has 0 spiro atoms. The number of rotatable bonds is 12. The number of benzene rings is 6. The Kier molecular flexibility index (Phi) is 19.1. The molecule has 1 radical (unpaired) electrons. The molecule has 0 aliphatic heterocycles. The minimum atomic E-state index is -0.578. The van der Waals surface area contributed by atoms with Gasteiger partial charge in [-0.1, -0.05) is 129 Å². The van der Waals surface area contributed by atoms with Crippen LogP contribution < -0.4 is 4.74 Å². The van der Waals surface area contributed by atoms with E-state index >= 15 is 0 Å². The molecule has 0 aliphatic rings. The molecule has 0 aromatic heterocycles. The minimum Gasteiger partial charge on any atom is -0.684 e. The molecule has 1 N–H and O–H groups in total. The zero-order valence-electron chi connectivity index (χ0n) is 33.4. The Hall–Kier alpha value is -5.19. The van der Waals surface area contributed by atoms with Crippen molar-refractivity contribution in [3.05, 3.63) is 204 Å². The van der Waals surface area contributed by atoms with Crippen LogP contribution in [0.15, 0.2) is 146 Å². The maximum Gasteiger partial charge on any atom is 3.00 e. The summed E-state index contributed by atoms with van der Waals surface area (Å²) in [5, 5.41) is 16.1. The number of aromatic hydroxyl groups is 1. The van der Waals surface area contributed by atoms with Crippen LogP contribution >= 0.6 is 0 Å². The molecule has 6 heteroatoms. The third-order valence-electron chi connectivity index (χ3n) is 8.72. The van der Waals surface area contributed by atoms with Crippen molar-refractivity contribution in [3.63, 3.8) is 0 Å². The van der Waals surface area contributed by atoms with E-state index in [4.69, 9.17) is 14.8 Å². The smallest absolute Gasteiger partial charge is 0.684 e. The molecular weight excluding hydrogens is 770 g/mol. The van der Waals surface area contributed by atoms with E-state index in [2.05, 4.69) is 60.6 Å². The third kappa shape index (κ3) is 14.1. The van der Waals surface area contributed by atoms with Gasteiger partial charge >= 0.3 is 32.2 Å². The van der Waals surface area contributed by atoms with Gasteiger partial charge in [-0.05, 0) is 42.9 Å². The predicted molar refractivity (Wildman–Crippen MR) is 228 cm³/mol. The van der Waals surface area contributed by atoms with Crippen molar-refractivity contribution < 1.29 is 45.6 Å². The SMILES string of the molecule is Cc1cc(C(C)C)c([N-]CCCOc2ccccc2-c2cccc(C(=O)OCc3ccccc3)c2O)c(C(C)C)c1.[CH2-]c1ccccc1.[CH2-]c1ccccc1.[Zr+3]. The van der Waals surface area contributed by atoms with Crippen LogP contribution in [0.5, 0.6) is 11.5 Å². The average Bonchev–Trinajstić information content (AvgIpc) is 3.19. The molecule has 0 fully saturated rings. The zero-order valence-corrected chi connectivity index (χ0v) is 35.8. The molecule has 6 aromatic rings. The number of carbonyl (C=O) groups is 1. The van der Waals surface area contributed by atoms with Crippen LogP contribution in [0, 0.1) is 20.8 Å². The summed E-state index contributed by atoms with van der Waals surface area (Å²) in [6, 6.07) is 46.3. The first-order valence-electron chi connectivity index (χ1n) is 18.9. The van der Waals surface area contributed by atoms with Gasteiger partial charge in [0, 0.05) is 11.1 Å². The van der Waals surface area contributed by atoms with Gasteiger partial charge in [0.2, 0.25) is 0 Å². The average molecular weight is 824 g/mol. The number of nitrogens with zero attached hydrogens (tertiary/aromatic N) is 1. The molecule has 56 heavy (non-hydrogen) atoms. The van der Waals surface area contributed by atoms with Gasteiger partial charge in [0.1, 0.15) is 23.7 Å². The molecular formula is C50H54NO4Zr. The number of ether oxygens (including phenoxy) is 2. The van der Waals surface area contributed by atoms with Gasteiger partial charge in [0.15, 0.2) is 0 Å². The van der Waals surface area contributed by atoms with E-state index in [0.717, 1.165) is 28.8 Å². The minimum absolute atomic E-state index is 0. The largest absolute Gasteiger partial charge is 3.00 e.